The number of nitrogens with one attached hydrogen (secondary N) is 1. The minimum absolute atomic E-state index is 0.0140. The van der Waals surface area contributed by atoms with Crippen molar-refractivity contribution in [2.24, 2.45) is 0 Å². The van der Waals surface area contributed by atoms with Crippen LogP contribution in [0.2, 0.25) is 0 Å². The van der Waals surface area contributed by atoms with Crippen LogP contribution in [-0.2, 0) is 19.4 Å². The third kappa shape index (κ3) is 3.22. The number of carbonyl (C=O) groups is 1. The molecule has 1 saturated heterocycles. The summed E-state index contributed by atoms with van der Waals surface area (Å²) in [6.45, 7) is 1.28. The van der Waals surface area contributed by atoms with Gasteiger partial charge in [-0.15, -0.1) is 0 Å². The Morgan fingerprint density at radius 1 is 1.28 bits per heavy atom. The summed E-state index contributed by atoms with van der Waals surface area (Å²) in [5.41, 5.74) is 0.816. The highest BCUT2D eigenvalue weighted by atomic mass is 32.2. The van der Waals surface area contributed by atoms with E-state index in [1.165, 1.54) is 6.92 Å². The second-order valence-electron chi connectivity index (χ2n) is 4.34. The summed E-state index contributed by atoms with van der Waals surface area (Å²) in [7, 11) is -3.15. The predicted octanol–water partition coefficient (Wildman–Crippen LogP) is 0.827. The van der Waals surface area contributed by atoms with Gasteiger partial charge in [-0.3, -0.25) is 4.79 Å². The number of esters is 1. The second kappa shape index (κ2) is 4.97. The molecule has 0 aliphatic carbocycles. The van der Waals surface area contributed by atoms with Gasteiger partial charge < -0.3 is 10.1 Å². The van der Waals surface area contributed by atoms with Crippen LogP contribution in [0.25, 0.3) is 0 Å². The highest BCUT2D eigenvalue weighted by molar-refractivity contribution is 7.91. The molecule has 1 aliphatic rings. The summed E-state index contributed by atoms with van der Waals surface area (Å²) in [6, 6.07) is 8.88. The average molecular weight is 269 g/mol. The minimum Gasteiger partial charge on any atom is -0.459 e. The van der Waals surface area contributed by atoms with E-state index in [9.17, 15) is 13.2 Å². The first-order chi connectivity index (χ1) is 8.46. The molecule has 6 heteroatoms. The standard InChI is InChI=1S/C12H15NO4S/c1-9(14)17-12-8-18(15,16)7-11(12)13-10-5-3-2-4-6-10/h2-6,11-13H,7-8H2,1H3/t11-,12-/m0/s1. The van der Waals surface area contributed by atoms with Crippen molar-refractivity contribution < 1.29 is 17.9 Å². The zero-order valence-electron chi connectivity index (χ0n) is 10.00. The smallest absolute Gasteiger partial charge is 0.303 e. The Labute approximate surface area is 106 Å². The SMILES string of the molecule is CC(=O)O[C@H]1CS(=O)(=O)C[C@@H]1Nc1ccccc1. The van der Waals surface area contributed by atoms with Crippen LogP contribution in [0, 0.1) is 0 Å². The molecule has 0 radical (unpaired) electrons. The Morgan fingerprint density at radius 2 is 1.94 bits per heavy atom. The van der Waals surface area contributed by atoms with Gasteiger partial charge in [0.15, 0.2) is 9.84 Å². The molecule has 1 aromatic carbocycles. The second-order valence-corrected chi connectivity index (χ2v) is 6.50. The molecule has 5 nitrogen and oxygen atoms in total. The van der Waals surface area contributed by atoms with Crippen LogP contribution in [0.15, 0.2) is 30.3 Å². The van der Waals surface area contributed by atoms with Crippen LogP contribution in [0.5, 0.6) is 0 Å². The summed E-state index contributed by atoms with van der Waals surface area (Å²) in [5.74, 6) is -0.589. The van der Waals surface area contributed by atoms with Gasteiger partial charge in [-0.1, -0.05) is 18.2 Å². The topological polar surface area (TPSA) is 72.5 Å². The van der Waals surface area contributed by atoms with Gasteiger partial charge in [0.2, 0.25) is 0 Å². The van der Waals surface area contributed by atoms with Gasteiger partial charge in [-0.2, -0.15) is 0 Å². The number of hydrogen-bond acceptors (Lipinski definition) is 5. The highest BCUT2D eigenvalue weighted by Gasteiger charge is 2.39. The molecular weight excluding hydrogens is 254 g/mol. The molecule has 1 fully saturated rings. The summed E-state index contributed by atoms with van der Waals surface area (Å²) in [4.78, 5) is 11.0. The number of para-hydroxylation sites is 1. The van der Waals surface area contributed by atoms with Crippen LogP contribution in [0.1, 0.15) is 6.92 Å². The predicted molar refractivity (Wildman–Crippen MR) is 68.1 cm³/mol. The number of benzene rings is 1. The molecule has 0 aromatic heterocycles. The zero-order valence-corrected chi connectivity index (χ0v) is 10.8. The fourth-order valence-corrected chi connectivity index (χ4v) is 3.81. The molecule has 1 heterocycles. The number of sulfone groups is 1. The molecule has 1 N–H and O–H groups in total. The average Bonchev–Trinajstić information content (AvgIpc) is 2.53. The molecule has 0 amide bonds. The fourth-order valence-electron chi connectivity index (χ4n) is 2.03. The van der Waals surface area contributed by atoms with Crippen molar-refractivity contribution in [2.75, 3.05) is 16.8 Å². The fraction of sp³-hybridized carbons (Fsp3) is 0.417. The van der Waals surface area contributed by atoms with Gasteiger partial charge in [0.1, 0.15) is 6.10 Å². The summed E-state index contributed by atoms with van der Waals surface area (Å²) < 4.78 is 28.2. The van der Waals surface area contributed by atoms with Crippen LogP contribution in [-0.4, -0.2) is 38.0 Å². The maximum absolute atomic E-state index is 11.6. The van der Waals surface area contributed by atoms with Crippen LogP contribution in [0.3, 0.4) is 0 Å². The van der Waals surface area contributed by atoms with Crippen molar-refractivity contribution >= 4 is 21.5 Å². The Bertz CT molecular complexity index is 526. The lowest BCUT2D eigenvalue weighted by atomic mass is 10.2. The van der Waals surface area contributed by atoms with Crippen LogP contribution < -0.4 is 5.32 Å². The Morgan fingerprint density at radius 3 is 2.56 bits per heavy atom. The van der Waals surface area contributed by atoms with Crippen molar-refractivity contribution in [3.8, 4) is 0 Å². The lowest BCUT2D eigenvalue weighted by Gasteiger charge is -2.20. The van der Waals surface area contributed by atoms with E-state index in [4.69, 9.17) is 4.74 Å². The van der Waals surface area contributed by atoms with Crippen molar-refractivity contribution in [3.05, 3.63) is 30.3 Å². The van der Waals surface area contributed by atoms with Gasteiger partial charge in [0, 0.05) is 12.6 Å². The number of carbonyl (C=O) groups excluding carboxylic acids is 1. The van der Waals surface area contributed by atoms with Gasteiger partial charge in [0.25, 0.3) is 0 Å². The molecule has 98 valence electrons. The Hall–Kier alpha value is -1.56. The van der Waals surface area contributed by atoms with Crippen molar-refractivity contribution in [3.63, 3.8) is 0 Å². The molecule has 18 heavy (non-hydrogen) atoms. The molecular formula is C12H15NO4S. The third-order valence-corrected chi connectivity index (χ3v) is 4.45. The normalized spacial score (nSPS) is 25.6. The quantitative estimate of drug-likeness (QED) is 0.823. The van der Waals surface area contributed by atoms with Crippen molar-refractivity contribution in [1.29, 1.82) is 0 Å². The first kappa shape index (κ1) is 12.9. The van der Waals surface area contributed by atoms with E-state index in [0.717, 1.165) is 5.69 Å². The van der Waals surface area contributed by atoms with Crippen LogP contribution in [0.4, 0.5) is 5.69 Å². The van der Waals surface area contributed by atoms with E-state index in [1.54, 1.807) is 0 Å². The largest absolute Gasteiger partial charge is 0.459 e. The van der Waals surface area contributed by atoms with E-state index in [0.29, 0.717) is 0 Å². The van der Waals surface area contributed by atoms with Gasteiger partial charge >= 0.3 is 5.97 Å². The summed E-state index contributed by atoms with van der Waals surface area (Å²) in [6.07, 6.45) is -0.618. The summed E-state index contributed by atoms with van der Waals surface area (Å²) >= 11 is 0. The Balaban J connectivity index is 2.12. The van der Waals surface area contributed by atoms with Gasteiger partial charge in [0.05, 0.1) is 17.5 Å². The van der Waals surface area contributed by atoms with E-state index in [1.807, 2.05) is 30.3 Å². The van der Waals surface area contributed by atoms with E-state index in [2.05, 4.69) is 5.32 Å². The third-order valence-electron chi connectivity index (χ3n) is 2.74. The van der Waals surface area contributed by atoms with E-state index >= 15 is 0 Å². The zero-order chi connectivity index (χ0) is 13.2. The minimum atomic E-state index is -3.15. The number of hydrogen-bond donors (Lipinski definition) is 1. The molecule has 0 spiro atoms. The lowest BCUT2D eigenvalue weighted by molar-refractivity contribution is -0.145. The van der Waals surface area contributed by atoms with E-state index < -0.39 is 21.9 Å². The van der Waals surface area contributed by atoms with Gasteiger partial charge in [-0.05, 0) is 12.1 Å². The monoisotopic (exact) mass is 269 g/mol. The first-order valence-corrected chi connectivity index (χ1v) is 7.48. The molecule has 0 bridgehead atoms. The molecule has 0 unspecified atom stereocenters. The summed E-state index contributed by atoms with van der Waals surface area (Å²) in [5, 5.41) is 3.10. The molecule has 1 aromatic rings. The number of anilines is 1. The van der Waals surface area contributed by atoms with E-state index in [-0.39, 0.29) is 17.5 Å². The number of ether oxygens (including phenoxy) is 1. The maximum atomic E-state index is 11.6. The molecule has 0 saturated carbocycles. The van der Waals surface area contributed by atoms with Crippen molar-refractivity contribution in [2.45, 2.75) is 19.1 Å². The highest BCUT2D eigenvalue weighted by Crippen LogP contribution is 2.20. The van der Waals surface area contributed by atoms with Crippen molar-refractivity contribution in [1.82, 2.24) is 0 Å². The molecule has 1 aliphatic heterocycles. The van der Waals surface area contributed by atoms with Gasteiger partial charge in [-0.25, -0.2) is 8.42 Å². The maximum Gasteiger partial charge on any atom is 0.303 e. The first-order valence-electron chi connectivity index (χ1n) is 5.65. The molecule has 2 atom stereocenters. The Kier molecular flexibility index (Phi) is 3.56. The number of rotatable bonds is 3. The lowest BCUT2D eigenvalue weighted by Crippen LogP contribution is -2.35. The van der Waals surface area contributed by atoms with Crippen LogP contribution >= 0.6 is 0 Å². The molecule has 2 rings (SSSR count).